The molecule has 0 atom stereocenters. The van der Waals surface area contributed by atoms with Crippen LogP contribution >= 0.6 is 0 Å². The predicted octanol–water partition coefficient (Wildman–Crippen LogP) is 1.48. The lowest BCUT2D eigenvalue weighted by molar-refractivity contribution is 0.111. The highest BCUT2D eigenvalue weighted by Crippen LogP contribution is 1.91. The third-order valence-electron chi connectivity index (χ3n) is 1.29. The zero-order chi connectivity index (χ0) is 7.98. The van der Waals surface area contributed by atoms with Crippen LogP contribution in [0.5, 0.6) is 0 Å². The number of carbonyl (C=O) groups is 1. The smallest absolute Gasteiger partial charge is 0.409 e. The zero-order valence-electron chi connectivity index (χ0n) is 6.89. The Morgan fingerprint density at radius 3 is 2.10 bits per heavy atom. The fourth-order valence-electron chi connectivity index (χ4n) is 0.697. The Kier molecular flexibility index (Phi) is 4.72. The molecule has 0 rings (SSSR count). The monoisotopic (exact) mass is 145 g/mol. The third-order valence-corrected chi connectivity index (χ3v) is 1.29. The molecular weight excluding hydrogens is 130 g/mol. The first kappa shape index (κ1) is 9.27. The van der Waals surface area contributed by atoms with E-state index in [9.17, 15) is 4.79 Å². The molecule has 0 radical (unpaired) electrons. The molecule has 0 bridgehead atoms. The summed E-state index contributed by atoms with van der Waals surface area (Å²) < 4.78 is 4.77. The Morgan fingerprint density at radius 2 is 1.80 bits per heavy atom. The molecule has 0 saturated carbocycles. The largest absolute Gasteiger partial charge is 0.450 e. The lowest BCUT2D eigenvalue weighted by atomic mass is 10.6. The summed E-state index contributed by atoms with van der Waals surface area (Å²) in [6.07, 6.45) is -0.215. The van der Waals surface area contributed by atoms with Gasteiger partial charge >= 0.3 is 6.09 Å². The fourth-order valence-corrected chi connectivity index (χ4v) is 0.697. The van der Waals surface area contributed by atoms with Crippen LogP contribution in [0.25, 0.3) is 0 Å². The molecule has 60 valence electrons. The number of nitrogens with zero attached hydrogens (tertiary/aromatic N) is 1. The van der Waals surface area contributed by atoms with Gasteiger partial charge in [0.2, 0.25) is 0 Å². The van der Waals surface area contributed by atoms with Crippen molar-refractivity contribution in [2.75, 3.05) is 19.7 Å². The van der Waals surface area contributed by atoms with Crippen LogP contribution in [0.15, 0.2) is 0 Å². The van der Waals surface area contributed by atoms with E-state index in [-0.39, 0.29) is 6.09 Å². The van der Waals surface area contributed by atoms with Crippen molar-refractivity contribution in [3.05, 3.63) is 0 Å². The summed E-state index contributed by atoms with van der Waals surface area (Å²) in [6, 6.07) is 0. The highest BCUT2D eigenvalue weighted by Gasteiger charge is 2.07. The molecule has 0 aromatic carbocycles. The number of rotatable bonds is 3. The van der Waals surface area contributed by atoms with Gasteiger partial charge in [-0.1, -0.05) is 0 Å². The lowest BCUT2D eigenvalue weighted by Gasteiger charge is -2.16. The minimum absolute atomic E-state index is 0.215. The average molecular weight is 145 g/mol. The third kappa shape index (κ3) is 2.71. The van der Waals surface area contributed by atoms with E-state index in [1.807, 2.05) is 13.8 Å². The van der Waals surface area contributed by atoms with E-state index in [0.29, 0.717) is 6.61 Å². The molecule has 3 heteroatoms. The summed E-state index contributed by atoms with van der Waals surface area (Å²) in [7, 11) is 0. The minimum Gasteiger partial charge on any atom is -0.450 e. The molecule has 0 N–H and O–H groups in total. The summed E-state index contributed by atoms with van der Waals surface area (Å²) in [5, 5.41) is 0. The van der Waals surface area contributed by atoms with Gasteiger partial charge in [0, 0.05) is 13.1 Å². The van der Waals surface area contributed by atoms with Crippen LogP contribution in [0.3, 0.4) is 0 Å². The average Bonchev–Trinajstić information content (AvgIpc) is 1.91. The van der Waals surface area contributed by atoms with Gasteiger partial charge in [-0.15, -0.1) is 0 Å². The molecule has 0 aliphatic carbocycles. The topological polar surface area (TPSA) is 29.5 Å². The molecule has 0 aliphatic heterocycles. The van der Waals surface area contributed by atoms with Crippen LogP contribution in [-0.4, -0.2) is 30.7 Å². The van der Waals surface area contributed by atoms with Crippen LogP contribution in [0.2, 0.25) is 0 Å². The van der Waals surface area contributed by atoms with Gasteiger partial charge in [-0.05, 0) is 20.8 Å². The van der Waals surface area contributed by atoms with Gasteiger partial charge in [0.1, 0.15) is 0 Å². The van der Waals surface area contributed by atoms with Gasteiger partial charge in [-0.3, -0.25) is 0 Å². The van der Waals surface area contributed by atoms with E-state index in [1.165, 1.54) is 0 Å². The van der Waals surface area contributed by atoms with Crippen molar-refractivity contribution in [1.82, 2.24) is 4.90 Å². The van der Waals surface area contributed by atoms with Gasteiger partial charge in [0.05, 0.1) is 6.61 Å². The summed E-state index contributed by atoms with van der Waals surface area (Å²) in [6.45, 7) is 7.56. The Bertz CT molecular complexity index is 99.8. The lowest BCUT2D eigenvalue weighted by Crippen LogP contribution is -2.30. The second-order valence-corrected chi connectivity index (χ2v) is 1.87. The van der Waals surface area contributed by atoms with Crippen LogP contribution in [0.1, 0.15) is 20.8 Å². The van der Waals surface area contributed by atoms with Crippen LogP contribution in [-0.2, 0) is 4.74 Å². The highest BCUT2D eigenvalue weighted by molar-refractivity contribution is 5.67. The molecule has 0 aromatic heterocycles. The number of carbonyl (C=O) groups excluding carboxylic acids is 1. The molecule has 0 heterocycles. The molecular formula is C7H15NO2. The van der Waals surface area contributed by atoms with Crippen LogP contribution in [0.4, 0.5) is 4.79 Å². The second kappa shape index (κ2) is 5.09. The normalized spacial score (nSPS) is 9.10. The number of ether oxygens (including phenoxy) is 1. The molecule has 3 nitrogen and oxygen atoms in total. The van der Waals surface area contributed by atoms with Gasteiger partial charge in [-0.2, -0.15) is 0 Å². The Balaban J connectivity index is 3.65. The quantitative estimate of drug-likeness (QED) is 0.602. The second-order valence-electron chi connectivity index (χ2n) is 1.87. The molecule has 0 saturated heterocycles. The molecule has 0 spiro atoms. The van der Waals surface area contributed by atoms with Crippen molar-refractivity contribution in [2.45, 2.75) is 20.8 Å². The molecule has 0 fully saturated rings. The van der Waals surface area contributed by atoms with Crippen LogP contribution < -0.4 is 0 Å². The van der Waals surface area contributed by atoms with Crippen molar-refractivity contribution < 1.29 is 9.53 Å². The molecule has 1 amide bonds. The van der Waals surface area contributed by atoms with Crippen LogP contribution in [0, 0.1) is 0 Å². The summed E-state index contributed by atoms with van der Waals surface area (Å²) in [4.78, 5) is 12.6. The summed E-state index contributed by atoms with van der Waals surface area (Å²) in [5.41, 5.74) is 0. The first-order valence-corrected chi connectivity index (χ1v) is 3.67. The molecule has 0 aromatic rings. The first-order valence-electron chi connectivity index (χ1n) is 3.67. The van der Waals surface area contributed by atoms with E-state index in [1.54, 1.807) is 11.8 Å². The Hall–Kier alpha value is -0.730. The number of amides is 1. The van der Waals surface area contributed by atoms with E-state index in [2.05, 4.69) is 0 Å². The van der Waals surface area contributed by atoms with Gasteiger partial charge in [-0.25, -0.2) is 4.79 Å². The molecule has 10 heavy (non-hydrogen) atoms. The Labute approximate surface area is 62.0 Å². The first-order chi connectivity index (χ1) is 4.76. The van der Waals surface area contributed by atoms with Crippen molar-refractivity contribution in [3.63, 3.8) is 0 Å². The standard InChI is InChI=1S/C7H15NO2/c1-4-8(5-2)7(9)10-6-3/h4-6H2,1-3H3. The van der Waals surface area contributed by atoms with E-state index in [4.69, 9.17) is 4.74 Å². The SMILES string of the molecule is CCOC(=O)N(CC)CC. The van der Waals surface area contributed by atoms with Gasteiger partial charge in [0.15, 0.2) is 0 Å². The summed E-state index contributed by atoms with van der Waals surface area (Å²) in [5.74, 6) is 0. The van der Waals surface area contributed by atoms with Gasteiger partial charge < -0.3 is 9.64 Å². The van der Waals surface area contributed by atoms with Crippen molar-refractivity contribution in [1.29, 1.82) is 0 Å². The molecule has 0 aliphatic rings. The fraction of sp³-hybridized carbons (Fsp3) is 0.857. The van der Waals surface area contributed by atoms with Crippen molar-refractivity contribution >= 4 is 6.09 Å². The summed E-state index contributed by atoms with van der Waals surface area (Å²) >= 11 is 0. The minimum atomic E-state index is -0.215. The van der Waals surface area contributed by atoms with E-state index in [0.717, 1.165) is 13.1 Å². The zero-order valence-corrected chi connectivity index (χ0v) is 6.89. The van der Waals surface area contributed by atoms with Crippen molar-refractivity contribution in [3.8, 4) is 0 Å². The van der Waals surface area contributed by atoms with E-state index < -0.39 is 0 Å². The van der Waals surface area contributed by atoms with Crippen molar-refractivity contribution in [2.24, 2.45) is 0 Å². The maximum Gasteiger partial charge on any atom is 0.409 e. The highest BCUT2D eigenvalue weighted by atomic mass is 16.6. The van der Waals surface area contributed by atoms with E-state index >= 15 is 0 Å². The number of hydrogen-bond acceptors (Lipinski definition) is 2. The maximum atomic E-state index is 10.9. The maximum absolute atomic E-state index is 10.9. The molecule has 0 unspecified atom stereocenters. The van der Waals surface area contributed by atoms with Gasteiger partial charge in [0.25, 0.3) is 0 Å². The number of hydrogen-bond donors (Lipinski definition) is 0. The predicted molar refractivity (Wildman–Crippen MR) is 39.9 cm³/mol. The Morgan fingerprint density at radius 1 is 1.30 bits per heavy atom.